The second-order valence-electron chi connectivity index (χ2n) is 4.36. The van der Waals surface area contributed by atoms with E-state index in [2.05, 4.69) is 20.7 Å². The number of benzene rings is 1. The molecule has 9 heteroatoms. The van der Waals surface area contributed by atoms with Crippen molar-refractivity contribution in [1.82, 2.24) is 20.1 Å². The van der Waals surface area contributed by atoms with Crippen LogP contribution in [0.25, 0.3) is 0 Å². The van der Waals surface area contributed by atoms with E-state index in [0.717, 1.165) is 0 Å². The first-order valence-corrected chi connectivity index (χ1v) is 6.00. The minimum absolute atomic E-state index is 0.333. The maximum absolute atomic E-state index is 13.4. The Morgan fingerprint density at radius 1 is 1.29 bits per heavy atom. The molecule has 1 heterocycles. The summed E-state index contributed by atoms with van der Waals surface area (Å²) >= 11 is 0. The Morgan fingerprint density at radius 2 is 2.00 bits per heavy atom. The molecule has 0 saturated heterocycles. The molecule has 112 valence electrons. The summed E-state index contributed by atoms with van der Waals surface area (Å²) in [4.78, 5) is 15.4. The highest BCUT2D eigenvalue weighted by Crippen LogP contribution is 2.18. The number of rotatable bonds is 4. The zero-order valence-electron chi connectivity index (χ0n) is 11.0. The Bertz CT molecular complexity index is 632. The van der Waals surface area contributed by atoms with Crippen molar-refractivity contribution in [2.75, 3.05) is 5.32 Å². The van der Waals surface area contributed by atoms with Crippen LogP contribution in [0, 0.1) is 17.5 Å². The highest BCUT2D eigenvalue weighted by Gasteiger charge is 2.14. The Balaban J connectivity index is 1.94. The second kappa shape index (κ2) is 6.25. The molecule has 1 aromatic heterocycles. The van der Waals surface area contributed by atoms with Crippen LogP contribution in [0.1, 0.15) is 6.92 Å². The SMILES string of the molecule is C[C@H](Cn1cncn1)NC(=O)Nc1cc(F)c(F)cc1F. The molecule has 0 saturated carbocycles. The third kappa shape index (κ3) is 3.94. The number of hydrogen-bond acceptors (Lipinski definition) is 3. The predicted molar refractivity (Wildman–Crippen MR) is 68.0 cm³/mol. The molecule has 2 rings (SSSR count). The number of halogens is 3. The standard InChI is InChI=1S/C12H12F3N5O/c1-7(4-20-6-16-5-17-20)18-12(21)19-11-3-9(14)8(13)2-10(11)15/h2-3,5-7H,4H2,1H3,(H2,18,19,21)/t7-/m1/s1. The molecule has 1 aromatic carbocycles. The Kier molecular flexibility index (Phi) is 4.41. The van der Waals surface area contributed by atoms with Crippen molar-refractivity contribution in [2.24, 2.45) is 0 Å². The number of carbonyl (C=O) groups is 1. The summed E-state index contributed by atoms with van der Waals surface area (Å²) in [5, 5.41) is 8.48. The summed E-state index contributed by atoms with van der Waals surface area (Å²) in [5.41, 5.74) is -0.445. The van der Waals surface area contributed by atoms with Crippen LogP contribution in [-0.2, 0) is 6.54 Å². The quantitative estimate of drug-likeness (QED) is 0.847. The number of carbonyl (C=O) groups excluding carboxylic acids is 1. The molecule has 2 aromatic rings. The highest BCUT2D eigenvalue weighted by atomic mass is 19.2. The second-order valence-corrected chi connectivity index (χ2v) is 4.36. The lowest BCUT2D eigenvalue weighted by Gasteiger charge is -2.14. The van der Waals surface area contributed by atoms with E-state index in [1.54, 1.807) is 6.92 Å². The van der Waals surface area contributed by atoms with E-state index in [9.17, 15) is 18.0 Å². The Labute approximate surface area is 118 Å². The van der Waals surface area contributed by atoms with Crippen molar-refractivity contribution in [3.05, 3.63) is 42.2 Å². The fourth-order valence-corrected chi connectivity index (χ4v) is 1.65. The van der Waals surface area contributed by atoms with E-state index >= 15 is 0 Å². The van der Waals surface area contributed by atoms with Gasteiger partial charge in [-0.25, -0.2) is 22.9 Å². The van der Waals surface area contributed by atoms with Crippen molar-refractivity contribution in [2.45, 2.75) is 19.5 Å². The summed E-state index contributed by atoms with van der Waals surface area (Å²) in [6, 6.07) is -0.136. The van der Waals surface area contributed by atoms with Gasteiger partial charge in [0.05, 0.1) is 12.2 Å². The minimum Gasteiger partial charge on any atom is -0.334 e. The monoisotopic (exact) mass is 299 g/mol. The van der Waals surface area contributed by atoms with E-state index in [0.29, 0.717) is 18.7 Å². The molecule has 0 fully saturated rings. The molecule has 21 heavy (non-hydrogen) atoms. The molecule has 2 N–H and O–H groups in total. The number of nitrogens with zero attached hydrogens (tertiary/aromatic N) is 3. The van der Waals surface area contributed by atoms with Crippen molar-refractivity contribution < 1.29 is 18.0 Å². The topological polar surface area (TPSA) is 71.8 Å². The van der Waals surface area contributed by atoms with Crippen LogP contribution in [0.5, 0.6) is 0 Å². The van der Waals surface area contributed by atoms with E-state index in [4.69, 9.17) is 0 Å². The zero-order valence-corrected chi connectivity index (χ0v) is 11.0. The van der Waals surface area contributed by atoms with Crippen LogP contribution < -0.4 is 10.6 Å². The summed E-state index contributed by atoms with van der Waals surface area (Å²) in [7, 11) is 0. The van der Waals surface area contributed by atoms with Gasteiger partial charge in [-0.1, -0.05) is 0 Å². The van der Waals surface area contributed by atoms with Crippen LogP contribution >= 0.6 is 0 Å². The fraction of sp³-hybridized carbons (Fsp3) is 0.250. The van der Waals surface area contributed by atoms with Gasteiger partial charge in [0.15, 0.2) is 11.6 Å². The molecule has 0 aliphatic heterocycles. The third-order valence-corrected chi connectivity index (χ3v) is 2.56. The van der Waals surface area contributed by atoms with Crippen LogP contribution in [0.3, 0.4) is 0 Å². The smallest absolute Gasteiger partial charge is 0.319 e. The van der Waals surface area contributed by atoms with E-state index in [1.807, 2.05) is 0 Å². The number of aromatic nitrogens is 3. The zero-order chi connectivity index (χ0) is 15.4. The van der Waals surface area contributed by atoms with Gasteiger partial charge in [0.2, 0.25) is 0 Å². The molecule has 0 bridgehead atoms. The van der Waals surface area contributed by atoms with Gasteiger partial charge < -0.3 is 10.6 Å². The van der Waals surface area contributed by atoms with Crippen LogP contribution in [0.2, 0.25) is 0 Å². The largest absolute Gasteiger partial charge is 0.334 e. The first kappa shape index (κ1) is 14.8. The van der Waals surface area contributed by atoms with Gasteiger partial charge in [-0.3, -0.25) is 4.68 Å². The van der Waals surface area contributed by atoms with Gasteiger partial charge in [-0.2, -0.15) is 5.10 Å². The normalized spacial score (nSPS) is 12.0. The lowest BCUT2D eigenvalue weighted by molar-refractivity contribution is 0.247. The summed E-state index contributed by atoms with van der Waals surface area (Å²) < 4.78 is 40.6. The minimum atomic E-state index is -1.32. The van der Waals surface area contributed by atoms with Gasteiger partial charge >= 0.3 is 6.03 Å². The molecule has 0 aliphatic rings. The van der Waals surface area contributed by atoms with Crippen molar-refractivity contribution >= 4 is 11.7 Å². The van der Waals surface area contributed by atoms with Gasteiger partial charge in [0.1, 0.15) is 18.5 Å². The van der Waals surface area contributed by atoms with Gasteiger partial charge in [-0.05, 0) is 6.92 Å². The average Bonchev–Trinajstić information content (AvgIpc) is 2.88. The van der Waals surface area contributed by atoms with E-state index in [-0.39, 0.29) is 6.04 Å². The predicted octanol–water partition coefficient (Wildman–Crippen LogP) is 1.91. The van der Waals surface area contributed by atoms with Crippen molar-refractivity contribution in [3.8, 4) is 0 Å². The molecule has 2 amide bonds. The third-order valence-electron chi connectivity index (χ3n) is 2.56. The molecule has 0 spiro atoms. The number of amides is 2. The number of hydrogen-bond donors (Lipinski definition) is 2. The van der Waals surface area contributed by atoms with Crippen LogP contribution in [-0.4, -0.2) is 26.8 Å². The lowest BCUT2D eigenvalue weighted by atomic mass is 10.3. The molecule has 0 aliphatic carbocycles. The molecule has 0 unspecified atom stereocenters. The number of anilines is 1. The van der Waals surface area contributed by atoms with E-state index in [1.165, 1.54) is 17.3 Å². The molecule has 6 nitrogen and oxygen atoms in total. The van der Waals surface area contributed by atoms with Crippen molar-refractivity contribution in [3.63, 3.8) is 0 Å². The number of nitrogens with one attached hydrogen (secondary N) is 2. The Hall–Kier alpha value is -2.58. The van der Waals surface area contributed by atoms with Gasteiger partial charge in [0.25, 0.3) is 0 Å². The molecule has 0 radical (unpaired) electrons. The number of urea groups is 1. The molecular weight excluding hydrogens is 287 g/mol. The van der Waals surface area contributed by atoms with E-state index < -0.39 is 29.2 Å². The average molecular weight is 299 g/mol. The molecule has 1 atom stereocenters. The van der Waals surface area contributed by atoms with Crippen LogP contribution in [0.4, 0.5) is 23.7 Å². The van der Waals surface area contributed by atoms with Crippen molar-refractivity contribution in [1.29, 1.82) is 0 Å². The molecular formula is C12H12F3N5O. The Morgan fingerprint density at radius 3 is 2.67 bits per heavy atom. The first-order chi connectivity index (χ1) is 9.95. The van der Waals surface area contributed by atoms with Gasteiger partial charge in [-0.15, -0.1) is 0 Å². The first-order valence-electron chi connectivity index (χ1n) is 6.00. The summed E-state index contributed by atoms with van der Waals surface area (Å²) in [6.45, 7) is 2.05. The summed E-state index contributed by atoms with van der Waals surface area (Å²) in [6.07, 6.45) is 2.83. The fourth-order valence-electron chi connectivity index (χ4n) is 1.65. The summed E-state index contributed by atoms with van der Waals surface area (Å²) in [5.74, 6) is -3.63. The van der Waals surface area contributed by atoms with Gasteiger partial charge in [0, 0.05) is 18.2 Å². The highest BCUT2D eigenvalue weighted by molar-refractivity contribution is 5.89. The van der Waals surface area contributed by atoms with Crippen LogP contribution in [0.15, 0.2) is 24.8 Å². The maximum Gasteiger partial charge on any atom is 0.319 e. The maximum atomic E-state index is 13.4. The lowest BCUT2D eigenvalue weighted by Crippen LogP contribution is -2.38.